The molecule has 0 unspecified atom stereocenters. The van der Waals surface area contributed by atoms with Crippen LogP contribution < -0.4 is 11.5 Å². The molecule has 19 heavy (non-hydrogen) atoms. The van der Waals surface area contributed by atoms with Gasteiger partial charge in [0.1, 0.15) is 0 Å². The van der Waals surface area contributed by atoms with Gasteiger partial charge in [0, 0.05) is 25.0 Å². The Balaban J connectivity index is 2.55. The largest absolute Gasteiger partial charge is 0.419 e. The van der Waals surface area contributed by atoms with Crippen molar-refractivity contribution in [3.8, 4) is 0 Å². The smallest absolute Gasteiger partial charge is 0.407 e. The van der Waals surface area contributed by atoms with Gasteiger partial charge in [-0.15, -0.1) is 0 Å². The molecule has 6 nitrogen and oxygen atoms in total. The summed E-state index contributed by atoms with van der Waals surface area (Å²) in [7, 11) is 1.62. The lowest BCUT2D eigenvalue weighted by molar-refractivity contribution is -0.104. The quantitative estimate of drug-likeness (QED) is 0.509. The van der Waals surface area contributed by atoms with E-state index in [1.54, 1.807) is 19.2 Å². The highest BCUT2D eigenvalue weighted by atomic mass is 16.4. The van der Waals surface area contributed by atoms with Crippen molar-refractivity contribution in [3.05, 3.63) is 40.0 Å². The minimum atomic E-state index is -0.422. The minimum Gasteiger partial charge on any atom is -0.407 e. The summed E-state index contributed by atoms with van der Waals surface area (Å²) < 4.78 is 6.52. The molecule has 0 saturated heterocycles. The summed E-state index contributed by atoms with van der Waals surface area (Å²) in [4.78, 5) is 26.2. The number of nitrogens with two attached hydrogens (primary N) is 1. The first-order valence-corrected chi connectivity index (χ1v) is 5.58. The summed E-state index contributed by atoms with van der Waals surface area (Å²) in [6.45, 7) is 1.82. The lowest BCUT2D eigenvalue weighted by atomic mass is 10.2. The SMILES string of the molecule is Cc1cc(N=CC(C=O)=CN)cc2c1oc(=O)n2C. The van der Waals surface area contributed by atoms with Crippen molar-refractivity contribution >= 4 is 29.3 Å². The lowest BCUT2D eigenvalue weighted by Crippen LogP contribution is -2.08. The van der Waals surface area contributed by atoms with Crippen molar-refractivity contribution in [3.63, 3.8) is 0 Å². The molecule has 0 atom stereocenters. The third-order valence-corrected chi connectivity index (χ3v) is 2.76. The van der Waals surface area contributed by atoms with E-state index >= 15 is 0 Å². The molecule has 0 radical (unpaired) electrons. The normalized spacial score (nSPS) is 12.4. The second kappa shape index (κ2) is 4.93. The predicted molar refractivity (Wildman–Crippen MR) is 72.7 cm³/mol. The Morgan fingerprint density at radius 2 is 2.21 bits per heavy atom. The van der Waals surface area contributed by atoms with E-state index in [9.17, 15) is 9.59 Å². The van der Waals surface area contributed by atoms with Gasteiger partial charge in [-0.25, -0.2) is 4.79 Å². The molecule has 0 bridgehead atoms. The second-order valence-corrected chi connectivity index (χ2v) is 4.08. The standard InChI is InChI=1S/C13H13N3O3/c1-8-3-10(15-6-9(5-14)7-17)4-11-12(8)19-13(18)16(11)2/h3-7H,14H2,1-2H3. The molecule has 2 N–H and O–H groups in total. The molecule has 0 amide bonds. The fraction of sp³-hybridized carbons (Fsp3) is 0.154. The van der Waals surface area contributed by atoms with E-state index in [4.69, 9.17) is 10.2 Å². The average molecular weight is 259 g/mol. The van der Waals surface area contributed by atoms with Crippen LogP contribution in [0.2, 0.25) is 0 Å². The van der Waals surface area contributed by atoms with E-state index in [0.29, 0.717) is 23.1 Å². The number of hydrogen-bond acceptors (Lipinski definition) is 5. The van der Waals surface area contributed by atoms with Crippen LogP contribution in [0.15, 0.2) is 38.1 Å². The number of aldehydes is 1. The van der Waals surface area contributed by atoms with Gasteiger partial charge in [0.15, 0.2) is 11.9 Å². The molecule has 0 aliphatic rings. The lowest BCUT2D eigenvalue weighted by Gasteiger charge is -1.99. The molecule has 2 rings (SSSR count). The summed E-state index contributed by atoms with van der Waals surface area (Å²) in [5, 5.41) is 0. The Morgan fingerprint density at radius 3 is 2.84 bits per heavy atom. The monoisotopic (exact) mass is 259 g/mol. The van der Waals surface area contributed by atoms with Gasteiger partial charge >= 0.3 is 5.76 Å². The number of oxazole rings is 1. The van der Waals surface area contributed by atoms with Crippen molar-refractivity contribution in [1.29, 1.82) is 0 Å². The van der Waals surface area contributed by atoms with Gasteiger partial charge in [0.25, 0.3) is 0 Å². The molecular weight excluding hydrogens is 246 g/mol. The first kappa shape index (κ1) is 12.8. The van der Waals surface area contributed by atoms with Gasteiger partial charge in [-0.1, -0.05) is 0 Å². The van der Waals surface area contributed by atoms with Gasteiger partial charge in [0.05, 0.1) is 11.2 Å². The zero-order valence-corrected chi connectivity index (χ0v) is 10.6. The molecule has 1 aromatic heterocycles. The molecule has 6 heteroatoms. The number of allylic oxidation sites excluding steroid dienone is 1. The highest BCUT2D eigenvalue weighted by Crippen LogP contribution is 2.24. The summed E-state index contributed by atoms with van der Waals surface area (Å²) >= 11 is 0. The molecule has 0 aliphatic heterocycles. The summed E-state index contributed by atoms with van der Waals surface area (Å²) in [5.74, 6) is -0.422. The number of fused-ring (bicyclic) bond motifs is 1. The Kier molecular flexibility index (Phi) is 3.33. The van der Waals surface area contributed by atoms with Crippen molar-refractivity contribution in [2.45, 2.75) is 6.92 Å². The minimum absolute atomic E-state index is 0.277. The van der Waals surface area contributed by atoms with Crippen LogP contribution >= 0.6 is 0 Å². The first-order chi connectivity index (χ1) is 9.06. The molecule has 1 aromatic carbocycles. The Morgan fingerprint density at radius 1 is 1.47 bits per heavy atom. The number of aromatic nitrogens is 1. The van der Waals surface area contributed by atoms with Crippen LogP contribution in [0.4, 0.5) is 5.69 Å². The van der Waals surface area contributed by atoms with Gasteiger partial charge < -0.3 is 10.2 Å². The maximum absolute atomic E-state index is 11.4. The van der Waals surface area contributed by atoms with Crippen LogP contribution in [0.5, 0.6) is 0 Å². The second-order valence-electron chi connectivity index (χ2n) is 4.08. The van der Waals surface area contributed by atoms with E-state index in [1.807, 2.05) is 6.92 Å². The number of hydrogen-bond donors (Lipinski definition) is 1. The number of aliphatic imine (C=N–C) groups is 1. The van der Waals surface area contributed by atoms with E-state index < -0.39 is 5.76 Å². The molecule has 0 fully saturated rings. The fourth-order valence-electron chi connectivity index (χ4n) is 1.71. The Hall–Kier alpha value is -2.63. The van der Waals surface area contributed by atoms with Crippen LogP contribution in [0.3, 0.4) is 0 Å². The Bertz CT molecular complexity index is 750. The van der Waals surface area contributed by atoms with Crippen molar-refractivity contribution in [2.75, 3.05) is 0 Å². The number of carbonyl (C=O) groups is 1. The molecule has 0 saturated carbocycles. The van der Waals surface area contributed by atoms with Gasteiger partial charge in [0.2, 0.25) is 0 Å². The summed E-state index contributed by atoms with van der Waals surface area (Å²) in [6, 6.07) is 3.48. The van der Waals surface area contributed by atoms with Gasteiger partial charge in [-0.05, 0) is 24.6 Å². The zero-order valence-electron chi connectivity index (χ0n) is 10.6. The predicted octanol–water partition coefficient (Wildman–Crippen LogP) is 1.18. The van der Waals surface area contributed by atoms with E-state index in [0.717, 1.165) is 5.56 Å². The highest BCUT2D eigenvalue weighted by Gasteiger charge is 2.09. The first-order valence-electron chi connectivity index (χ1n) is 5.58. The molecule has 2 aromatic rings. The summed E-state index contributed by atoms with van der Waals surface area (Å²) in [6.07, 6.45) is 3.16. The number of benzene rings is 1. The number of aryl methyl sites for hydroxylation is 2. The van der Waals surface area contributed by atoms with Crippen LogP contribution in [0, 0.1) is 6.92 Å². The molecule has 1 heterocycles. The van der Waals surface area contributed by atoms with Crippen molar-refractivity contribution < 1.29 is 9.21 Å². The zero-order chi connectivity index (χ0) is 14.0. The van der Waals surface area contributed by atoms with E-state index in [1.165, 1.54) is 17.0 Å². The number of nitrogens with zero attached hydrogens (tertiary/aromatic N) is 2. The summed E-state index contributed by atoms with van der Waals surface area (Å²) in [5.41, 5.74) is 8.13. The number of carbonyl (C=O) groups excluding carboxylic acids is 1. The molecular formula is C13H13N3O3. The van der Waals surface area contributed by atoms with Crippen LogP contribution in [0.1, 0.15) is 5.56 Å². The van der Waals surface area contributed by atoms with Crippen molar-refractivity contribution in [2.24, 2.45) is 17.8 Å². The molecule has 0 aliphatic carbocycles. The maximum atomic E-state index is 11.4. The van der Waals surface area contributed by atoms with Gasteiger partial charge in [-0.2, -0.15) is 0 Å². The van der Waals surface area contributed by atoms with Crippen molar-refractivity contribution in [1.82, 2.24) is 4.57 Å². The number of rotatable bonds is 3. The van der Waals surface area contributed by atoms with Crippen LogP contribution in [-0.2, 0) is 11.8 Å². The molecule has 98 valence electrons. The fourth-order valence-corrected chi connectivity index (χ4v) is 1.71. The van der Waals surface area contributed by atoms with E-state index in [2.05, 4.69) is 4.99 Å². The third kappa shape index (κ3) is 2.33. The topological polar surface area (TPSA) is 90.6 Å². The average Bonchev–Trinajstić information content (AvgIpc) is 2.68. The van der Waals surface area contributed by atoms with Crippen LogP contribution in [0.25, 0.3) is 11.1 Å². The van der Waals surface area contributed by atoms with Crippen LogP contribution in [-0.4, -0.2) is 17.1 Å². The molecule has 0 spiro atoms. The van der Waals surface area contributed by atoms with Gasteiger partial charge in [-0.3, -0.25) is 14.4 Å². The highest BCUT2D eigenvalue weighted by molar-refractivity contribution is 6.02. The van der Waals surface area contributed by atoms with E-state index in [-0.39, 0.29) is 5.57 Å². The maximum Gasteiger partial charge on any atom is 0.419 e. The Labute approximate surface area is 108 Å². The third-order valence-electron chi connectivity index (χ3n) is 2.76.